The summed E-state index contributed by atoms with van der Waals surface area (Å²) in [5, 5.41) is 11.1. The number of hydrogen-bond acceptors (Lipinski definition) is 3. The van der Waals surface area contributed by atoms with Gasteiger partial charge in [0.2, 0.25) is 0 Å². The van der Waals surface area contributed by atoms with Crippen LogP contribution < -0.4 is 0 Å². The quantitative estimate of drug-likeness (QED) is 0.598. The van der Waals surface area contributed by atoms with Crippen molar-refractivity contribution in [2.45, 2.75) is 45.1 Å². The molecule has 4 nitrogen and oxygen atoms in total. The lowest BCUT2D eigenvalue weighted by atomic mass is 10.0. The van der Waals surface area contributed by atoms with Gasteiger partial charge in [0.25, 0.3) is 5.91 Å². The molecule has 4 heteroatoms. The summed E-state index contributed by atoms with van der Waals surface area (Å²) in [5.74, 6) is -0.246. The van der Waals surface area contributed by atoms with Gasteiger partial charge in [-0.2, -0.15) is 0 Å². The molecular formula is C19H24N2O2. The molecule has 1 atom stereocenters. The van der Waals surface area contributed by atoms with Crippen LogP contribution >= 0.6 is 0 Å². The Hall–Kier alpha value is -2.20. The van der Waals surface area contributed by atoms with Crippen LogP contribution in [0.1, 0.15) is 37.3 Å². The van der Waals surface area contributed by atoms with E-state index in [2.05, 4.69) is 4.98 Å². The van der Waals surface area contributed by atoms with E-state index < -0.39 is 0 Å². The van der Waals surface area contributed by atoms with Crippen LogP contribution in [-0.4, -0.2) is 27.2 Å². The minimum Gasteiger partial charge on any atom is -0.286 e. The van der Waals surface area contributed by atoms with Crippen molar-refractivity contribution in [1.82, 2.24) is 10.0 Å². The maximum atomic E-state index is 12.2. The summed E-state index contributed by atoms with van der Waals surface area (Å²) < 4.78 is 0. The zero-order valence-electron chi connectivity index (χ0n) is 13.6. The number of hydroxylamine groups is 2. The van der Waals surface area contributed by atoms with Crippen molar-refractivity contribution >= 4 is 5.91 Å². The fourth-order valence-corrected chi connectivity index (χ4v) is 2.64. The van der Waals surface area contributed by atoms with Crippen LogP contribution in [-0.2, 0) is 17.6 Å². The van der Waals surface area contributed by atoms with Gasteiger partial charge in [0.15, 0.2) is 0 Å². The van der Waals surface area contributed by atoms with Crippen molar-refractivity contribution in [2.24, 2.45) is 0 Å². The fourth-order valence-electron chi connectivity index (χ4n) is 2.64. The maximum Gasteiger partial charge on any atom is 0.250 e. The van der Waals surface area contributed by atoms with E-state index in [4.69, 9.17) is 0 Å². The first-order valence-corrected chi connectivity index (χ1v) is 8.14. The van der Waals surface area contributed by atoms with Crippen molar-refractivity contribution in [3.8, 4) is 0 Å². The van der Waals surface area contributed by atoms with Crippen LogP contribution in [0.3, 0.4) is 0 Å². The van der Waals surface area contributed by atoms with E-state index in [1.54, 1.807) is 6.20 Å². The lowest BCUT2D eigenvalue weighted by Gasteiger charge is -2.25. The molecule has 2 rings (SSSR count). The Bertz CT molecular complexity index is 587. The first-order chi connectivity index (χ1) is 11.2. The predicted octanol–water partition coefficient (Wildman–Crippen LogP) is 3.64. The summed E-state index contributed by atoms with van der Waals surface area (Å²) in [4.78, 5) is 16.3. The number of carbonyl (C=O) groups excluding carboxylic acids is 1. The molecule has 1 aromatic carbocycles. The molecule has 0 saturated heterocycles. The fraction of sp³-hybridized carbons (Fsp3) is 0.368. The smallest absolute Gasteiger partial charge is 0.250 e. The second kappa shape index (κ2) is 9.06. The van der Waals surface area contributed by atoms with Crippen molar-refractivity contribution < 1.29 is 10.0 Å². The highest BCUT2D eigenvalue weighted by Gasteiger charge is 2.20. The van der Waals surface area contributed by atoms with E-state index >= 15 is 0 Å². The van der Waals surface area contributed by atoms with Crippen molar-refractivity contribution in [1.29, 1.82) is 0 Å². The molecule has 1 heterocycles. The molecule has 1 amide bonds. The van der Waals surface area contributed by atoms with E-state index in [9.17, 15) is 10.0 Å². The second-order valence-corrected chi connectivity index (χ2v) is 5.72. The monoisotopic (exact) mass is 312 g/mol. The summed E-state index contributed by atoms with van der Waals surface area (Å²) in [6, 6.07) is 13.3. The lowest BCUT2D eigenvalue weighted by molar-refractivity contribution is -0.176. The Morgan fingerprint density at radius 2 is 1.91 bits per heavy atom. The number of aryl methyl sites for hydroxylation is 1. The molecule has 0 spiro atoms. The van der Waals surface area contributed by atoms with Gasteiger partial charge in [0, 0.05) is 12.4 Å². The Balaban J connectivity index is 1.82. The first-order valence-electron chi connectivity index (χ1n) is 8.14. The summed E-state index contributed by atoms with van der Waals surface area (Å²) in [5.41, 5.74) is 2.10. The number of rotatable bonds is 8. The SMILES string of the molecule is CCC(CCCc1cccnc1)N(O)C(=O)Cc1ccccc1. The third-order valence-corrected chi connectivity index (χ3v) is 4.00. The molecule has 0 aliphatic carbocycles. The zero-order valence-corrected chi connectivity index (χ0v) is 13.6. The van der Waals surface area contributed by atoms with Gasteiger partial charge in [0.1, 0.15) is 0 Å². The van der Waals surface area contributed by atoms with E-state index in [1.165, 1.54) is 5.56 Å². The molecule has 0 fully saturated rings. The average Bonchev–Trinajstić information content (AvgIpc) is 2.60. The number of hydrogen-bond donors (Lipinski definition) is 1. The molecule has 2 aromatic rings. The largest absolute Gasteiger partial charge is 0.286 e. The molecule has 23 heavy (non-hydrogen) atoms. The zero-order chi connectivity index (χ0) is 16.5. The number of benzene rings is 1. The molecule has 1 N–H and O–H groups in total. The second-order valence-electron chi connectivity index (χ2n) is 5.72. The van der Waals surface area contributed by atoms with Gasteiger partial charge in [-0.25, -0.2) is 5.06 Å². The molecule has 1 aromatic heterocycles. The molecular weight excluding hydrogens is 288 g/mol. The molecule has 122 valence electrons. The highest BCUT2D eigenvalue weighted by Crippen LogP contribution is 2.14. The number of amides is 1. The third-order valence-electron chi connectivity index (χ3n) is 4.00. The van der Waals surface area contributed by atoms with Gasteiger partial charge in [-0.05, 0) is 42.9 Å². The first kappa shape index (κ1) is 17.2. The minimum atomic E-state index is -0.246. The van der Waals surface area contributed by atoms with Crippen molar-refractivity contribution in [3.63, 3.8) is 0 Å². The summed E-state index contributed by atoms with van der Waals surface area (Å²) in [6.45, 7) is 1.99. The van der Waals surface area contributed by atoms with Gasteiger partial charge in [-0.15, -0.1) is 0 Å². The Morgan fingerprint density at radius 3 is 2.57 bits per heavy atom. The number of nitrogens with zero attached hydrogens (tertiary/aromatic N) is 2. The van der Waals surface area contributed by atoms with Crippen LogP contribution in [0.2, 0.25) is 0 Å². The van der Waals surface area contributed by atoms with E-state index in [-0.39, 0.29) is 18.4 Å². The lowest BCUT2D eigenvalue weighted by Crippen LogP contribution is -2.38. The third kappa shape index (κ3) is 5.49. The normalized spacial score (nSPS) is 11.9. The molecule has 0 aliphatic rings. The molecule has 0 radical (unpaired) electrons. The van der Waals surface area contributed by atoms with Crippen LogP contribution in [0.15, 0.2) is 54.9 Å². The topological polar surface area (TPSA) is 53.4 Å². The standard InChI is InChI=1S/C19H24N2O2/c1-2-18(12-6-10-17-11-7-13-20-15-17)21(23)19(22)14-16-8-4-3-5-9-16/h3-5,7-9,11,13,15,18,23H,2,6,10,12,14H2,1H3. The summed E-state index contributed by atoms with van der Waals surface area (Å²) in [6.07, 6.45) is 7.20. The Morgan fingerprint density at radius 1 is 1.17 bits per heavy atom. The predicted molar refractivity (Wildman–Crippen MR) is 90.0 cm³/mol. The van der Waals surface area contributed by atoms with Crippen LogP contribution in [0.5, 0.6) is 0 Å². The number of carbonyl (C=O) groups is 1. The Kier molecular flexibility index (Phi) is 6.76. The number of aromatic nitrogens is 1. The maximum absolute atomic E-state index is 12.2. The summed E-state index contributed by atoms with van der Waals surface area (Å²) in [7, 11) is 0. The van der Waals surface area contributed by atoms with E-state index in [0.717, 1.165) is 36.3 Å². The van der Waals surface area contributed by atoms with E-state index in [0.29, 0.717) is 0 Å². The van der Waals surface area contributed by atoms with Crippen molar-refractivity contribution in [2.75, 3.05) is 0 Å². The highest BCUT2D eigenvalue weighted by molar-refractivity contribution is 5.77. The van der Waals surface area contributed by atoms with E-state index in [1.807, 2.05) is 55.6 Å². The van der Waals surface area contributed by atoms with Gasteiger partial charge in [-0.3, -0.25) is 15.0 Å². The van der Waals surface area contributed by atoms with Gasteiger partial charge < -0.3 is 0 Å². The average molecular weight is 312 g/mol. The highest BCUT2D eigenvalue weighted by atomic mass is 16.5. The minimum absolute atomic E-state index is 0.136. The van der Waals surface area contributed by atoms with Crippen molar-refractivity contribution in [3.05, 3.63) is 66.0 Å². The van der Waals surface area contributed by atoms with Gasteiger partial charge in [-0.1, -0.05) is 43.3 Å². The van der Waals surface area contributed by atoms with Crippen LogP contribution in [0.4, 0.5) is 0 Å². The van der Waals surface area contributed by atoms with Crippen LogP contribution in [0, 0.1) is 0 Å². The molecule has 1 unspecified atom stereocenters. The molecule has 0 bridgehead atoms. The molecule has 0 saturated carbocycles. The Labute approximate surface area is 137 Å². The molecule has 0 aliphatic heterocycles. The number of pyridine rings is 1. The van der Waals surface area contributed by atoms with Gasteiger partial charge >= 0.3 is 0 Å². The van der Waals surface area contributed by atoms with Crippen LogP contribution in [0.25, 0.3) is 0 Å². The summed E-state index contributed by atoms with van der Waals surface area (Å²) >= 11 is 0. The van der Waals surface area contributed by atoms with Gasteiger partial charge in [0.05, 0.1) is 12.5 Å².